The van der Waals surface area contributed by atoms with Crippen LogP contribution in [0.3, 0.4) is 0 Å². The van der Waals surface area contributed by atoms with Crippen LogP contribution in [0, 0.1) is 5.82 Å². The summed E-state index contributed by atoms with van der Waals surface area (Å²) in [6.45, 7) is 2.35. The number of fused-ring (bicyclic) bond motifs is 1. The topological polar surface area (TPSA) is 12.5 Å². The number of ether oxygens (including phenoxy) is 1. The lowest BCUT2D eigenvalue weighted by atomic mass is 10.1. The van der Waals surface area contributed by atoms with E-state index in [0.29, 0.717) is 6.61 Å². The average molecular weight is 267 g/mol. The number of likely N-dealkylation sites (N-methyl/N-ethyl adjacent to an activating group) is 1. The van der Waals surface area contributed by atoms with Crippen LogP contribution in [-0.4, -0.2) is 38.8 Å². The van der Waals surface area contributed by atoms with Gasteiger partial charge in [0.1, 0.15) is 5.82 Å². The zero-order valence-electron chi connectivity index (χ0n) is 10.8. The summed E-state index contributed by atoms with van der Waals surface area (Å²) in [5, 5.41) is 2.66. The van der Waals surface area contributed by atoms with Crippen LogP contribution < -0.4 is 0 Å². The lowest BCUT2D eigenvalue weighted by Crippen LogP contribution is -2.18. The van der Waals surface area contributed by atoms with E-state index in [1.54, 1.807) is 17.4 Å². The first-order valence-corrected chi connectivity index (χ1v) is 6.93. The van der Waals surface area contributed by atoms with Crippen LogP contribution in [0.4, 0.5) is 4.39 Å². The monoisotopic (exact) mass is 267 g/mol. The molecule has 0 radical (unpaired) electrons. The van der Waals surface area contributed by atoms with Crippen molar-refractivity contribution in [2.24, 2.45) is 0 Å². The molecule has 0 amide bonds. The fraction of sp³-hybridized carbons (Fsp3) is 0.429. The van der Waals surface area contributed by atoms with Gasteiger partial charge in [-0.3, -0.25) is 0 Å². The summed E-state index contributed by atoms with van der Waals surface area (Å²) in [4.78, 5) is 2.09. The molecule has 2 aromatic rings. The fourth-order valence-electron chi connectivity index (χ4n) is 1.81. The van der Waals surface area contributed by atoms with Crippen LogP contribution in [0.5, 0.6) is 0 Å². The van der Waals surface area contributed by atoms with Gasteiger partial charge in [0.2, 0.25) is 0 Å². The summed E-state index contributed by atoms with van der Waals surface area (Å²) in [7, 11) is 4.05. The molecular formula is C14H18FNOS. The first-order chi connectivity index (χ1) is 8.68. The third-order valence-corrected chi connectivity index (χ3v) is 3.83. The molecule has 18 heavy (non-hydrogen) atoms. The molecule has 98 valence electrons. The van der Waals surface area contributed by atoms with E-state index in [2.05, 4.69) is 4.90 Å². The van der Waals surface area contributed by atoms with E-state index in [1.165, 1.54) is 5.56 Å². The minimum atomic E-state index is -0.136. The van der Waals surface area contributed by atoms with Gasteiger partial charge < -0.3 is 9.64 Å². The van der Waals surface area contributed by atoms with E-state index in [-0.39, 0.29) is 5.82 Å². The van der Waals surface area contributed by atoms with E-state index in [0.717, 1.165) is 29.7 Å². The molecule has 1 aromatic carbocycles. The lowest BCUT2D eigenvalue weighted by molar-refractivity contribution is 0.120. The normalized spacial score (nSPS) is 11.6. The zero-order valence-corrected chi connectivity index (χ0v) is 11.6. The Hall–Kier alpha value is -0.970. The third-order valence-electron chi connectivity index (χ3n) is 2.84. The van der Waals surface area contributed by atoms with Crippen LogP contribution in [0.2, 0.25) is 0 Å². The number of halogens is 1. The predicted octanol–water partition coefficient (Wildman–Crippen LogP) is 3.16. The van der Waals surface area contributed by atoms with Crippen molar-refractivity contribution in [3.63, 3.8) is 0 Å². The van der Waals surface area contributed by atoms with E-state index in [4.69, 9.17) is 4.74 Å². The highest BCUT2D eigenvalue weighted by molar-refractivity contribution is 7.17. The van der Waals surface area contributed by atoms with Crippen molar-refractivity contribution in [1.29, 1.82) is 0 Å². The maximum absolute atomic E-state index is 13.5. The molecule has 0 bridgehead atoms. The Morgan fingerprint density at radius 2 is 2.06 bits per heavy atom. The number of thiophene rings is 1. The molecule has 0 spiro atoms. The van der Waals surface area contributed by atoms with Gasteiger partial charge in [-0.1, -0.05) is 6.07 Å². The molecule has 0 N–H and O–H groups in total. The SMILES string of the molecule is CN(C)CCOCCc1ccc(F)c2ccsc12. The van der Waals surface area contributed by atoms with E-state index in [1.807, 2.05) is 31.6 Å². The van der Waals surface area contributed by atoms with Gasteiger partial charge in [-0.05, 0) is 43.6 Å². The number of rotatable bonds is 6. The molecule has 0 atom stereocenters. The van der Waals surface area contributed by atoms with Crippen LogP contribution in [0.1, 0.15) is 5.56 Å². The highest BCUT2D eigenvalue weighted by Gasteiger charge is 2.06. The molecule has 0 unspecified atom stereocenters. The second-order valence-electron chi connectivity index (χ2n) is 4.54. The van der Waals surface area contributed by atoms with Crippen LogP contribution in [0.25, 0.3) is 10.1 Å². The Labute approximate surface area is 111 Å². The second-order valence-corrected chi connectivity index (χ2v) is 5.45. The van der Waals surface area contributed by atoms with Crippen LogP contribution >= 0.6 is 11.3 Å². The molecule has 0 saturated carbocycles. The number of hydrogen-bond acceptors (Lipinski definition) is 3. The van der Waals surface area contributed by atoms with Crippen molar-refractivity contribution in [2.45, 2.75) is 6.42 Å². The van der Waals surface area contributed by atoms with Gasteiger partial charge in [0.05, 0.1) is 13.2 Å². The second kappa shape index (κ2) is 6.27. The van der Waals surface area contributed by atoms with Gasteiger partial charge >= 0.3 is 0 Å². The molecule has 0 aliphatic heterocycles. The molecule has 0 saturated heterocycles. The number of benzene rings is 1. The summed E-state index contributed by atoms with van der Waals surface area (Å²) in [5.41, 5.74) is 1.17. The Morgan fingerprint density at radius 3 is 2.83 bits per heavy atom. The maximum Gasteiger partial charge on any atom is 0.131 e. The van der Waals surface area contributed by atoms with Gasteiger partial charge in [-0.15, -0.1) is 11.3 Å². The lowest BCUT2D eigenvalue weighted by Gasteiger charge is -2.10. The maximum atomic E-state index is 13.5. The highest BCUT2D eigenvalue weighted by atomic mass is 32.1. The van der Waals surface area contributed by atoms with Gasteiger partial charge in [-0.2, -0.15) is 0 Å². The van der Waals surface area contributed by atoms with E-state index >= 15 is 0 Å². The zero-order chi connectivity index (χ0) is 13.0. The molecule has 0 aliphatic rings. The average Bonchev–Trinajstić information content (AvgIpc) is 2.81. The van der Waals surface area contributed by atoms with Crippen LogP contribution in [-0.2, 0) is 11.2 Å². The summed E-state index contributed by atoms with van der Waals surface area (Å²) < 4.78 is 20.1. The summed E-state index contributed by atoms with van der Waals surface area (Å²) in [5.74, 6) is -0.136. The first kappa shape index (κ1) is 13.5. The van der Waals surface area contributed by atoms with Crippen molar-refractivity contribution >= 4 is 21.4 Å². The fourth-order valence-corrected chi connectivity index (χ4v) is 2.77. The van der Waals surface area contributed by atoms with Crippen molar-refractivity contribution in [1.82, 2.24) is 4.90 Å². The van der Waals surface area contributed by atoms with E-state index in [9.17, 15) is 4.39 Å². The third kappa shape index (κ3) is 3.28. The number of hydrogen-bond donors (Lipinski definition) is 0. The minimum Gasteiger partial charge on any atom is -0.380 e. The molecule has 2 nitrogen and oxygen atoms in total. The first-order valence-electron chi connectivity index (χ1n) is 6.05. The van der Waals surface area contributed by atoms with Crippen molar-refractivity contribution in [2.75, 3.05) is 33.9 Å². The minimum absolute atomic E-state index is 0.136. The summed E-state index contributed by atoms with van der Waals surface area (Å²) >= 11 is 1.59. The molecule has 4 heteroatoms. The Morgan fingerprint density at radius 1 is 1.22 bits per heavy atom. The smallest absolute Gasteiger partial charge is 0.131 e. The Bertz CT molecular complexity index is 509. The molecular weight excluding hydrogens is 249 g/mol. The predicted molar refractivity (Wildman–Crippen MR) is 74.9 cm³/mol. The molecule has 0 aliphatic carbocycles. The summed E-state index contributed by atoms with van der Waals surface area (Å²) in [6.07, 6.45) is 0.838. The van der Waals surface area contributed by atoms with Crippen LogP contribution in [0.15, 0.2) is 23.6 Å². The highest BCUT2D eigenvalue weighted by Crippen LogP contribution is 2.27. The quantitative estimate of drug-likeness (QED) is 0.745. The van der Waals surface area contributed by atoms with Crippen molar-refractivity contribution in [3.05, 3.63) is 35.0 Å². The van der Waals surface area contributed by atoms with Gasteiger partial charge in [0.15, 0.2) is 0 Å². The van der Waals surface area contributed by atoms with Gasteiger partial charge in [0, 0.05) is 16.6 Å². The Balaban J connectivity index is 1.92. The molecule has 0 fully saturated rings. The largest absolute Gasteiger partial charge is 0.380 e. The number of nitrogens with zero attached hydrogens (tertiary/aromatic N) is 1. The molecule has 2 rings (SSSR count). The van der Waals surface area contributed by atoms with Gasteiger partial charge in [-0.25, -0.2) is 4.39 Å². The molecule has 1 aromatic heterocycles. The van der Waals surface area contributed by atoms with Gasteiger partial charge in [0.25, 0.3) is 0 Å². The molecule has 1 heterocycles. The van der Waals surface area contributed by atoms with Crippen molar-refractivity contribution < 1.29 is 9.13 Å². The van der Waals surface area contributed by atoms with Crippen molar-refractivity contribution in [3.8, 4) is 0 Å². The summed E-state index contributed by atoms with van der Waals surface area (Å²) in [6, 6.07) is 5.25. The standard InChI is InChI=1S/C14H18FNOS/c1-16(2)7-9-17-8-5-11-3-4-13(15)12-6-10-18-14(11)12/h3-4,6,10H,5,7-9H2,1-2H3. The van der Waals surface area contributed by atoms with E-state index < -0.39 is 0 Å². The Kier molecular flexibility index (Phi) is 4.69.